The third kappa shape index (κ3) is 2.34. The quantitative estimate of drug-likeness (QED) is 0.654. The van der Waals surface area contributed by atoms with Crippen molar-refractivity contribution in [3.05, 3.63) is 0 Å². The summed E-state index contributed by atoms with van der Waals surface area (Å²) in [7, 11) is 3.36. The lowest BCUT2D eigenvalue weighted by Gasteiger charge is -2.35. The molecule has 1 saturated heterocycles. The minimum Gasteiger partial charge on any atom is -0.379 e. The van der Waals surface area contributed by atoms with E-state index in [-0.39, 0.29) is 12.1 Å². The number of nitrogens with one attached hydrogen (secondary N) is 1. The average molecular weight is 186 g/mol. The molecule has 0 radical (unpaired) electrons. The molecule has 0 bridgehead atoms. The van der Waals surface area contributed by atoms with Gasteiger partial charge in [0, 0.05) is 27.2 Å². The lowest BCUT2D eigenvalue weighted by Crippen LogP contribution is -2.49. The summed E-state index contributed by atoms with van der Waals surface area (Å²) >= 11 is 0. The van der Waals surface area contributed by atoms with Crippen molar-refractivity contribution in [3.8, 4) is 0 Å². The topological polar surface area (TPSA) is 41.6 Å². The van der Waals surface area contributed by atoms with E-state index in [0.29, 0.717) is 12.5 Å². The first-order valence-corrected chi connectivity index (χ1v) is 4.68. The van der Waals surface area contributed by atoms with Crippen molar-refractivity contribution in [2.45, 2.75) is 19.4 Å². The molecule has 2 atom stereocenters. The van der Waals surface area contributed by atoms with Crippen molar-refractivity contribution in [1.82, 2.24) is 10.2 Å². The number of likely N-dealkylation sites (tertiary alicyclic amines) is 1. The Balaban J connectivity index is 2.49. The van der Waals surface area contributed by atoms with Crippen LogP contribution in [0.25, 0.3) is 0 Å². The number of hydrogen-bond donors (Lipinski definition) is 1. The number of carbonyl (C=O) groups is 1. The molecular weight excluding hydrogens is 168 g/mol. The lowest BCUT2D eigenvalue weighted by atomic mass is 9.96. The molecule has 76 valence electrons. The summed E-state index contributed by atoms with van der Waals surface area (Å²) in [4.78, 5) is 13.1. The van der Waals surface area contributed by atoms with E-state index in [2.05, 4.69) is 12.2 Å². The first-order valence-electron chi connectivity index (χ1n) is 4.68. The molecule has 2 amide bonds. The maximum absolute atomic E-state index is 11.3. The maximum Gasteiger partial charge on any atom is 0.317 e. The molecule has 13 heavy (non-hydrogen) atoms. The van der Waals surface area contributed by atoms with Crippen LogP contribution >= 0.6 is 0 Å². The van der Waals surface area contributed by atoms with Crippen LogP contribution in [-0.4, -0.2) is 44.3 Å². The highest BCUT2D eigenvalue weighted by Gasteiger charge is 2.27. The number of urea groups is 1. The molecule has 1 heterocycles. The second-order valence-corrected chi connectivity index (χ2v) is 3.54. The maximum atomic E-state index is 11.3. The van der Waals surface area contributed by atoms with Crippen molar-refractivity contribution in [2.75, 3.05) is 27.2 Å². The van der Waals surface area contributed by atoms with Gasteiger partial charge in [-0.05, 0) is 12.3 Å². The first-order chi connectivity index (χ1) is 6.19. The van der Waals surface area contributed by atoms with E-state index >= 15 is 0 Å². The zero-order valence-corrected chi connectivity index (χ0v) is 8.54. The van der Waals surface area contributed by atoms with Gasteiger partial charge in [0.05, 0.1) is 6.10 Å². The summed E-state index contributed by atoms with van der Waals surface area (Å²) in [6, 6.07) is -0.00560. The Morgan fingerprint density at radius 3 is 2.85 bits per heavy atom. The molecule has 1 aliphatic heterocycles. The van der Waals surface area contributed by atoms with Crippen LogP contribution in [0.1, 0.15) is 13.3 Å². The van der Waals surface area contributed by atoms with Crippen LogP contribution in [0.4, 0.5) is 4.79 Å². The minimum absolute atomic E-state index is 0.00560. The molecule has 2 unspecified atom stereocenters. The van der Waals surface area contributed by atoms with Crippen LogP contribution in [0.15, 0.2) is 0 Å². The predicted molar refractivity (Wildman–Crippen MR) is 50.6 cm³/mol. The Labute approximate surface area is 79.2 Å². The van der Waals surface area contributed by atoms with Crippen molar-refractivity contribution in [3.63, 3.8) is 0 Å². The zero-order chi connectivity index (χ0) is 9.84. The smallest absolute Gasteiger partial charge is 0.317 e. The SMILES string of the molecule is CNC(=O)N1CCC(C)C(OC)C1. The normalized spacial score (nSPS) is 28.7. The molecule has 1 fully saturated rings. The molecule has 4 heteroatoms. The van der Waals surface area contributed by atoms with Crippen molar-refractivity contribution in [2.24, 2.45) is 5.92 Å². The number of ether oxygens (including phenoxy) is 1. The number of rotatable bonds is 1. The summed E-state index contributed by atoms with van der Waals surface area (Å²) < 4.78 is 5.31. The molecule has 0 spiro atoms. The van der Waals surface area contributed by atoms with Gasteiger partial charge in [0.25, 0.3) is 0 Å². The van der Waals surface area contributed by atoms with Crippen molar-refractivity contribution in [1.29, 1.82) is 0 Å². The molecule has 1 aliphatic rings. The van der Waals surface area contributed by atoms with Gasteiger partial charge in [-0.3, -0.25) is 0 Å². The summed E-state index contributed by atoms with van der Waals surface area (Å²) in [5.74, 6) is 0.547. The van der Waals surface area contributed by atoms with E-state index < -0.39 is 0 Å². The predicted octanol–water partition coefficient (Wildman–Crippen LogP) is 0.683. The van der Waals surface area contributed by atoms with Gasteiger partial charge in [-0.15, -0.1) is 0 Å². The number of amides is 2. The second-order valence-electron chi connectivity index (χ2n) is 3.54. The average Bonchev–Trinajstić information content (AvgIpc) is 2.17. The highest BCUT2D eigenvalue weighted by molar-refractivity contribution is 5.73. The summed E-state index contributed by atoms with van der Waals surface area (Å²) in [6.07, 6.45) is 1.21. The van der Waals surface area contributed by atoms with E-state index in [1.54, 1.807) is 19.1 Å². The molecule has 1 rings (SSSR count). The third-order valence-electron chi connectivity index (χ3n) is 2.69. The fraction of sp³-hybridized carbons (Fsp3) is 0.889. The number of hydrogen-bond acceptors (Lipinski definition) is 2. The molecule has 0 aliphatic carbocycles. The lowest BCUT2D eigenvalue weighted by molar-refractivity contribution is 0.00743. The van der Waals surface area contributed by atoms with E-state index in [9.17, 15) is 4.79 Å². The van der Waals surface area contributed by atoms with Gasteiger partial charge in [0.2, 0.25) is 0 Å². The van der Waals surface area contributed by atoms with Gasteiger partial charge in [-0.1, -0.05) is 6.92 Å². The molecular formula is C9H18N2O2. The summed E-state index contributed by atoms with van der Waals surface area (Å²) in [6.45, 7) is 3.70. The number of nitrogens with zero attached hydrogens (tertiary/aromatic N) is 1. The molecule has 0 aromatic rings. The van der Waals surface area contributed by atoms with Gasteiger partial charge < -0.3 is 15.0 Å². The fourth-order valence-corrected chi connectivity index (χ4v) is 1.68. The van der Waals surface area contributed by atoms with E-state index in [1.165, 1.54) is 0 Å². The molecule has 1 N–H and O–H groups in total. The van der Waals surface area contributed by atoms with E-state index in [4.69, 9.17) is 4.74 Å². The molecule has 4 nitrogen and oxygen atoms in total. The Bertz CT molecular complexity index is 184. The van der Waals surface area contributed by atoms with Crippen molar-refractivity contribution < 1.29 is 9.53 Å². The van der Waals surface area contributed by atoms with E-state index in [0.717, 1.165) is 13.0 Å². The summed E-state index contributed by atoms with van der Waals surface area (Å²) in [5.41, 5.74) is 0. The molecule has 0 aromatic carbocycles. The molecule has 0 saturated carbocycles. The highest BCUT2D eigenvalue weighted by atomic mass is 16.5. The van der Waals surface area contributed by atoms with E-state index in [1.807, 2.05) is 0 Å². The van der Waals surface area contributed by atoms with Crippen molar-refractivity contribution >= 4 is 6.03 Å². The Morgan fingerprint density at radius 1 is 1.62 bits per heavy atom. The van der Waals surface area contributed by atoms with Crippen LogP contribution in [0.3, 0.4) is 0 Å². The number of piperidine rings is 1. The Hall–Kier alpha value is -0.770. The Morgan fingerprint density at radius 2 is 2.31 bits per heavy atom. The van der Waals surface area contributed by atoms with Gasteiger partial charge in [0.1, 0.15) is 0 Å². The first kappa shape index (κ1) is 10.3. The van der Waals surface area contributed by atoms with Gasteiger partial charge in [-0.25, -0.2) is 4.79 Å². The molecule has 0 aromatic heterocycles. The van der Waals surface area contributed by atoms with Crippen LogP contribution in [-0.2, 0) is 4.74 Å². The van der Waals surface area contributed by atoms with Crippen LogP contribution < -0.4 is 5.32 Å². The van der Waals surface area contributed by atoms with Crippen LogP contribution in [0, 0.1) is 5.92 Å². The summed E-state index contributed by atoms with van der Waals surface area (Å²) in [5, 5.41) is 2.63. The standard InChI is InChI=1S/C9H18N2O2/c1-7-4-5-11(9(12)10-2)6-8(7)13-3/h7-8H,4-6H2,1-3H3,(H,10,12). The van der Waals surface area contributed by atoms with Crippen LogP contribution in [0.2, 0.25) is 0 Å². The third-order valence-corrected chi connectivity index (χ3v) is 2.69. The zero-order valence-electron chi connectivity index (χ0n) is 8.54. The van der Waals surface area contributed by atoms with Crippen LogP contribution in [0.5, 0.6) is 0 Å². The second kappa shape index (κ2) is 4.46. The van der Waals surface area contributed by atoms with Gasteiger partial charge in [-0.2, -0.15) is 0 Å². The Kier molecular flexibility index (Phi) is 3.54. The minimum atomic E-state index is -0.00560. The van der Waals surface area contributed by atoms with Gasteiger partial charge >= 0.3 is 6.03 Å². The van der Waals surface area contributed by atoms with Gasteiger partial charge in [0.15, 0.2) is 0 Å². The number of carbonyl (C=O) groups excluding carboxylic acids is 1. The highest BCUT2D eigenvalue weighted by Crippen LogP contribution is 2.19. The monoisotopic (exact) mass is 186 g/mol. The fourth-order valence-electron chi connectivity index (χ4n) is 1.68. The number of methoxy groups -OCH3 is 1. The largest absolute Gasteiger partial charge is 0.379 e.